The zero-order valence-corrected chi connectivity index (χ0v) is 22.4. The molecule has 0 radical (unpaired) electrons. The Morgan fingerprint density at radius 1 is 1.08 bits per heavy atom. The summed E-state index contributed by atoms with van der Waals surface area (Å²) in [5, 5.41) is 4.71. The van der Waals surface area contributed by atoms with Gasteiger partial charge in [-0.2, -0.15) is 0 Å². The van der Waals surface area contributed by atoms with Gasteiger partial charge in [-0.1, -0.05) is 18.2 Å². The van der Waals surface area contributed by atoms with Crippen LogP contribution < -0.4 is 20.5 Å². The molecule has 3 heterocycles. The van der Waals surface area contributed by atoms with E-state index >= 15 is 0 Å². The van der Waals surface area contributed by atoms with Gasteiger partial charge in [0.1, 0.15) is 5.82 Å². The fourth-order valence-electron chi connectivity index (χ4n) is 4.86. The first-order valence-corrected chi connectivity index (χ1v) is 13.0. The molecular weight excluding hydrogens is 504 g/mol. The number of aromatic nitrogens is 3. The third-order valence-electron chi connectivity index (χ3n) is 6.93. The third-order valence-corrected chi connectivity index (χ3v) is 7.24. The summed E-state index contributed by atoms with van der Waals surface area (Å²) < 4.78 is 20.5. The van der Waals surface area contributed by atoms with Crippen LogP contribution in [0.3, 0.4) is 0 Å². The molecule has 11 heteroatoms. The number of rotatable bonds is 9. The summed E-state index contributed by atoms with van der Waals surface area (Å²) in [4.78, 5) is 20.0. The second-order valence-electron chi connectivity index (χ2n) is 9.12. The van der Waals surface area contributed by atoms with Crippen molar-refractivity contribution in [3.63, 3.8) is 0 Å². The number of methoxy groups -OCH3 is 2. The number of fused-ring (bicyclic) bond motifs is 2. The number of nitrogens with one attached hydrogen (secondary N) is 1. The summed E-state index contributed by atoms with van der Waals surface area (Å²) in [6.07, 6.45) is 1.90. The maximum Gasteiger partial charge on any atom is 0.253 e. The lowest BCUT2D eigenvalue weighted by Crippen LogP contribution is -2.41. The number of ether oxygens (including phenoxy) is 3. The SMILES string of the molecule is COc1cc2nc(=S)n(CCn3cc(C(=O)NCCN4CCOCC4)c4ccccc43)c(N)c2cc1OC. The Kier molecular flexibility index (Phi) is 7.77. The van der Waals surface area contributed by atoms with E-state index in [1.54, 1.807) is 24.9 Å². The van der Waals surface area contributed by atoms with Crippen molar-refractivity contribution in [2.45, 2.75) is 13.1 Å². The Hall–Kier alpha value is -3.67. The quantitative estimate of drug-likeness (QED) is 0.314. The van der Waals surface area contributed by atoms with Crippen LogP contribution in [0.4, 0.5) is 5.82 Å². The van der Waals surface area contributed by atoms with Gasteiger partial charge >= 0.3 is 0 Å². The smallest absolute Gasteiger partial charge is 0.253 e. The van der Waals surface area contributed by atoms with Crippen molar-refractivity contribution in [2.75, 3.05) is 59.3 Å². The number of aryl methyl sites for hydroxylation is 1. The van der Waals surface area contributed by atoms with E-state index in [4.69, 9.17) is 32.2 Å². The highest BCUT2D eigenvalue weighted by molar-refractivity contribution is 7.71. The van der Waals surface area contributed by atoms with Crippen molar-refractivity contribution >= 4 is 45.7 Å². The number of nitrogens with two attached hydrogens (primary N) is 1. The number of amides is 1. The van der Waals surface area contributed by atoms with Gasteiger partial charge < -0.3 is 34.4 Å². The number of anilines is 1. The molecule has 1 fully saturated rings. The van der Waals surface area contributed by atoms with Crippen LogP contribution in [0.25, 0.3) is 21.8 Å². The number of benzene rings is 2. The summed E-state index contributed by atoms with van der Waals surface area (Å²) in [7, 11) is 3.15. The molecule has 1 aliphatic rings. The first-order valence-electron chi connectivity index (χ1n) is 12.6. The van der Waals surface area contributed by atoms with Gasteiger partial charge in [0.05, 0.1) is 38.5 Å². The molecule has 4 aromatic rings. The lowest BCUT2D eigenvalue weighted by Gasteiger charge is -2.26. The highest BCUT2D eigenvalue weighted by atomic mass is 32.1. The van der Waals surface area contributed by atoms with E-state index in [1.807, 2.05) is 36.5 Å². The topological polar surface area (TPSA) is 109 Å². The van der Waals surface area contributed by atoms with Crippen LogP contribution in [0.15, 0.2) is 42.6 Å². The summed E-state index contributed by atoms with van der Waals surface area (Å²) in [5.41, 5.74) is 8.81. The van der Waals surface area contributed by atoms with Gasteiger partial charge in [-0.3, -0.25) is 9.69 Å². The van der Waals surface area contributed by atoms with E-state index in [9.17, 15) is 4.79 Å². The van der Waals surface area contributed by atoms with Crippen LogP contribution in [-0.2, 0) is 17.8 Å². The molecule has 1 saturated heterocycles. The fraction of sp³-hybridized carbons (Fsp3) is 0.370. The molecule has 0 atom stereocenters. The highest BCUT2D eigenvalue weighted by Crippen LogP contribution is 2.33. The van der Waals surface area contributed by atoms with Crippen molar-refractivity contribution in [3.8, 4) is 11.5 Å². The number of carbonyl (C=O) groups is 1. The van der Waals surface area contributed by atoms with E-state index in [0.29, 0.717) is 52.8 Å². The Balaban J connectivity index is 1.37. The molecule has 2 aromatic heterocycles. The van der Waals surface area contributed by atoms with Crippen LogP contribution in [0.5, 0.6) is 11.5 Å². The monoisotopic (exact) mass is 536 g/mol. The Morgan fingerprint density at radius 2 is 1.82 bits per heavy atom. The van der Waals surface area contributed by atoms with Gasteiger partial charge in [0, 0.05) is 67.8 Å². The summed E-state index contributed by atoms with van der Waals surface area (Å²) >= 11 is 5.58. The standard InChI is InChI=1S/C27H32N6O4S/c1-35-23-15-19-21(16-24(23)36-2)30-27(38)33(25(19)28)10-9-32-17-20(18-5-3-4-6-22(18)32)26(34)29-7-8-31-11-13-37-14-12-31/h3-6,15-17H,7-14,28H2,1-2H3,(H,29,34). The predicted molar refractivity (Wildman–Crippen MR) is 150 cm³/mol. The molecule has 10 nitrogen and oxygen atoms in total. The lowest BCUT2D eigenvalue weighted by atomic mass is 10.1. The molecule has 0 saturated carbocycles. The van der Waals surface area contributed by atoms with Gasteiger partial charge in [-0.15, -0.1) is 0 Å². The average molecular weight is 537 g/mol. The second kappa shape index (κ2) is 11.4. The van der Waals surface area contributed by atoms with Crippen LogP contribution in [0, 0.1) is 4.77 Å². The zero-order chi connectivity index (χ0) is 26.6. The minimum atomic E-state index is -0.0854. The molecule has 0 unspecified atom stereocenters. The molecule has 1 aliphatic heterocycles. The van der Waals surface area contributed by atoms with Crippen LogP contribution >= 0.6 is 12.2 Å². The fourth-order valence-corrected chi connectivity index (χ4v) is 5.15. The first-order chi connectivity index (χ1) is 18.5. The number of hydrogen-bond acceptors (Lipinski definition) is 8. The van der Waals surface area contributed by atoms with Crippen LogP contribution in [-0.4, -0.2) is 78.5 Å². The van der Waals surface area contributed by atoms with Gasteiger partial charge in [-0.05, 0) is 24.4 Å². The van der Waals surface area contributed by atoms with Crippen molar-refractivity contribution < 1.29 is 19.0 Å². The number of morpholine rings is 1. The number of nitrogen functional groups attached to an aromatic ring is 1. The molecule has 5 rings (SSSR count). The Labute approximate surface area is 225 Å². The molecule has 0 bridgehead atoms. The van der Waals surface area contributed by atoms with Gasteiger partial charge in [0.15, 0.2) is 11.5 Å². The minimum absolute atomic E-state index is 0.0854. The predicted octanol–water partition coefficient (Wildman–Crippen LogP) is 3.08. The largest absolute Gasteiger partial charge is 0.493 e. The summed E-state index contributed by atoms with van der Waals surface area (Å²) in [5.74, 6) is 1.54. The molecule has 3 N–H and O–H groups in total. The first kappa shape index (κ1) is 26.0. The van der Waals surface area contributed by atoms with Gasteiger partial charge in [0.25, 0.3) is 5.91 Å². The molecule has 200 valence electrons. The van der Waals surface area contributed by atoms with Gasteiger partial charge in [0.2, 0.25) is 4.77 Å². The zero-order valence-electron chi connectivity index (χ0n) is 21.6. The molecule has 38 heavy (non-hydrogen) atoms. The second-order valence-corrected chi connectivity index (χ2v) is 9.48. The summed E-state index contributed by atoms with van der Waals surface area (Å²) in [6, 6.07) is 11.5. The van der Waals surface area contributed by atoms with Crippen molar-refractivity contribution in [2.24, 2.45) is 0 Å². The number of carbonyl (C=O) groups excluding carboxylic acids is 1. The van der Waals surface area contributed by atoms with E-state index in [0.717, 1.165) is 49.1 Å². The molecule has 0 spiro atoms. The Morgan fingerprint density at radius 3 is 2.58 bits per heavy atom. The van der Waals surface area contributed by atoms with Crippen molar-refractivity contribution in [1.29, 1.82) is 0 Å². The van der Waals surface area contributed by atoms with E-state index in [1.165, 1.54) is 0 Å². The van der Waals surface area contributed by atoms with E-state index < -0.39 is 0 Å². The van der Waals surface area contributed by atoms with E-state index in [2.05, 4.69) is 19.8 Å². The average Bonchev–Trinajstić information content (AvgIpc) is 3.31. The Bertz CT molecular complexity index is 1530. The normalized spacial score (nSPS) is 14.2. The summed E-state index contributed by atoms with van der Waals surface area (Å²) in [6.45, 7) is 5.70. The minimum Gasteiger partial charge on any atom is -0.493 e. The maximum atomic E-state index is 13.1. The molecule has 2 aromatic carbocycles. The van der Waals surface area contributed by atoms with Crippen molar-refractivity contribution in [1.82, 2.24) is 24.3 Å². The number of para-hydroxylation sites is 1. The maximum absolute atomic E-state index is 13.1. The molecular formula is C27H32N6O4S. The molecule has 0 aliphatic carbocycles. The van der Waals surface area contributed by atoms with Crippen molar-refractivity contribution in [3.05, 3.63) is 52.9 Å². The van der Waals surface area contributed by atoms with E-state index in [-0.39, 0.29) is 5.91 Å². The highest BCUT2D eigenvalue weighted by Gasteiger charge is 2.17. The van der Waals surface area contributed by atoms with Crippen LogP contribution in [0.2, 0.25) is 0 Å². The van der Waals surface area contributed by atoms with Crippen LogP contribution in [0.1, 0.15) is 10.4 Å². The third kappa shape index (κ3) is 5.17. The number of nitrogens with zero attached hydrogens (tertiary/aromatic N) is 4. The number of hydrogen-bond donors (Lipinski definition) is 2. The van der Waals surface area contributed by atoms with Gasteiger partial charge in [-0.25, -0.2) is 4.98 Å². The molecule has 1 amide bonds. The lowest BCUT2D eigenvalue weighted by molar-refractivity contribution is 0.0383.